The fourth-order valence-corrected chi connectivity index (χ4v) is 3.66. The highest BCUT2D eigenvalue weighted by Gasteiger charge is 2.55. The number of nitriles is 1. The number of imide groups is 1. The lowest BCUT2D eigenvalue weighted by Crippen LogP contribution is -2.48. The molecular formula is C21H18N4O4. The van der Waals surface area contributed by atoms with Gasteiger partial charge in [-0.15, -0.1) is 0 Å². The molecule has 29 heavy (non-hydrogen) atoms. The molecule has 0 radical (unpaired) electrons. The Morgan fingerprint density at radius 3 is 2.72 bits per heavy atom. The monoisotopic (exact) mass is 390 g/mol. The standard InChI is InChI=1S/C21H18N4O4/c22-11-9-14-5-7-15(8-6-14)23-18(26)13-25-19(27)21(24-20(25)28)10-12-29-17-4-2-1-3-16(17)21/h1-8H,9-10,12-13H2,(H,23,26)(H,24,28). The Bertz CT molecular complexity index is 1030. The van der Waals surface area contributed by atoms with Crippen LogP contribution in [0.2, 0.25) is 0 Å². The molecule has 1 saturated heterocycles. The van der Waals surface area contributed by atoms with Crippen LogP contribution >= 0.6 is 0 Å². The minimum Gasteiger partial charge on any atom is -0.493 e. The summed E-state index contributed by atoms with van der Waals surface area (Å²) >= 11 is 0. The van der Waals surface area contributed by atoms with E-state index in [2.05, 4.69) is 16.7 Å². The number of nitrogens with zero attached hydrogens (tertiary/aromatic N) is 2. The number of anilines is 1. The number of benzene rings is 2. The summed E-state index contributed by atoms with van der Waals surface area (Å²) in [5, 5.41) is 14.1. The molecule has 2 aliphatic rings. The summed E-state index contributed by atoms with van der Waals surface area (Å²) in [4.78, 5) is 39.0. The number of carbonyl (C=O) groups excluding carboxylic acids is 3. The van der Waals surface area contributed by atoms with E-state index in [1.54, 1.807) is 48.5 Å². The molecule has 2 N–H and O–H groups in total. The Hall–Kier alpha value is -3.86. The van der Waals surface area contributed by atoms with Gasteiger partial charge in [0.25, 0.3) is 5.91 Å². The van der Waals surface area contributed by atoms with Crippen LogP contribution in [-0.4, -0.2) is 35.9 Å². The van der Waals surface area contributed by atoms with Crippen molar-refractivity contribution in [2.75, 3.05) is 18.5 Å². The number of urea groups is 1. The zero-order chi connectivity index (χ0) is 20.4. The molecule has 8 heteroatoms. The highest BCUT2D eigenvalue weighted by Crippen LogP contribution is 2.40. The van der Waals surface area contributed by atoms with Crippen molar-refractivity contribution in [3.8, 4) is 11.8 Å². The molecule has 0 bridgehead atoms. The number of carbonyl (C=O) groups is 3. The lowest BCUT2D eigenvalue weighted by atomic mass is 9.84. The van der Waals surface area contributed by atoms with Crippen molar-refractivity contribution >= 4 is 23.5 Å². The summed E-state index contributed by atoms with van der Waals surface area (Å²) in [6.07, 6.45) is 0.580. The van der Waals surface area contributed by atoms with Gasteiger partial charge in [0.15, 0.2) is 5.54 Å². The fourth-order valence-electron chi connectivity index (χ4n) is 3.66. The van der Waals surface area contributed by atoms with Crippen LogP contribution in [0.5, 0.6) is 5.75 Å². The third-order valence-corrected chi connectivity index (χ3v) is 5.08. The van der Waals surface area contributed by atoms with E-state index in [9.17, 15) is 14.4 Å². The van der Waals surface area contributed by atoms with Crippen molar-refractivity contribution in [1.29, 1.82) is 5.26 Å². The van der Waals surface area contributed by atoms with Gasteiger partial charge in [-0.3, -0.25) is 14.5 Å². The number of hydrogen-bond acceptors (Lipinski definition) is 5. The van der Waals surface area contributed by atoms with Crippen LogP contribution in [0.1, 0.15) is 17.5 Å². The van der Waals surface area contributed by atoms with Gasteiger partial charge in [0.2, 0.25) is 5.91 Å². The molecule has 1 spiro atoms. The predicted molar refractivity (Wildman–Crippen MR) is 103 cm³/mol. The Morgan fingerprint density at radius 2 is 1.97 bits per heavy atom. The fraction of sp³-hybridized carbons (Fsp3) is 0.238. The lowest BCUT2D eigenvalue weighted by molar-refractivity contribution is -0.135. The number of rotatable bonds is 4. The highest BCUT2D eigenvalue weighted by molar-refractivity contribution is 6.10. The molecule has 1 atom stereocenters. The van der Waals surface area contributed by atoms with Crippen molar-refractivity contribution in [2.45, 2.75) is 18.4 Å². The van der Waals surface area contributed by atoms with Crippen LogP contribution in [0.4, 0.5) is 10.5 Å². The highest BCUT2D eigenvalue weighted by atomic mass is 16.5. The van der Waals surface area contributed by atoms with Gasteiger partial charge in [-0.05, 0) is 23.8 Å². The first-order valence-corrected chi connectivity index (χ1v) is 9.16. The summed E-state index contributed by atoms with van der Waals surface area (Å²) < 4.78 is 5.59. The molecule has 2 heterocycles. The van der Waals surface area contributed by atoms with Gasteiger partial charge in [0, 0.05) is 17.7 Å². The Labute approximate surface area is 167 Å². The van der Waals surface area contributed by atoms with Crippen LogP contribution in [-0.2, 0) is 21.5 Å². The summed E-state index contributed by atoms with van der Waals surface area (Å²) in [6.45, 7) is -0.104. The molecule has 146 valence electrons. The Kier molecular flexibility index (Phi) is 4.64. The van der Waals surface area contributed by atoms with Crippen molar-refractivity contribution < 1.29 is 19.1 Å². The summed E-state index contributed by atoms with van der Waals surface area (Å²) in [6, 6.07) is 15.3. The predicted octanol–water partition coefficient (Wildman–Crippen LogP) is 1.92. The van der Waals surface area contributed by atoms with E-state index < -0.39 is 29.9 Å². The molecule has 2 aromatic rings. The maximum atomic E-state index is 13.1. The maximum absolute atomic E-state index is 13.1. The third kappa shape index (κ3) is 3.27. The van der Waals surface area contributed by atoms with Gasteiger partial charge in [0.1, 0.15) is 12.3 Å². The molecule has 2 aliphatic heterocycles. The molecular weight excluding hydrogens is 372 g/mol. The van der Waals surface area contributed by atoms with E-state index in [0.717, 1.165) is 10.5 Å². The van der Waals surface area contributed by atoms with Crippen LogP contribution < -0.4 is 15.4 Å². The van der Waals surface area contributed by atoms with Gasteiger partial charge in [-0.1, -0.05) is 30.3 Å². The van der Waals surface area contributed by atoms with E-state index in [1.807, 2.05) is 0 Å². The number of fused-ring (bicyclic) bond motifs is 2. The average Bonchev–Trinajstić information content (AvgIpc) is 2.95. The Morgan fingerprint density at radius 1 is 1.21 bits per heavy atom. The van der Waals surface area contributed by atoms with Crippen molar-refractivity contribution in [2.24, 2.45) is 0 Å². The molecule has 8 nitrogen and oxygen atoms in total. The largest absolute Gasteiger partial charge is 0.493 e. The van der Waals surface area contributed by atoms with Gasteiger partial charge in [-0.25, -0.2) is 4.79 Å². The SMILES string of the molecule is N#CCc1ccc(NC(=O)CN2C(=O)NC3(CCOc4ccccc43)C2=O)cc1. The summed E-state index contributed by atoms with van der Waals surface area (Å²) in [5.41, 5.74) is 0.751. The van der Waals surface area contributed by atoms with Gasteiger partial charge < -0.3 is 15.4 Å². The van der Waals surface area contributed by atoms with E-state index in [1.165, 1.54) is 0 Å². The van der Waals surface area contributed by atoms with Crippen LogP contribution in [0.3, 0.4) is 0 Å². The third-order valence-electron chi connectivity index (χ3n) is 5.08. The molecule has 1 fully saturated rings. The summed E-state index contributed by atoms with van der Waals surface area (Å²) in [5.74, 6) is -0.396. The number of amides is 4. The molecule has 4 amide bonds. The molecule has 1 unspecified atom stereocenters. The zero-order valence-corrected chi connectivity index (χ0v) is 15.5. The van der Waals surface area contributed by atoms with Crippen LogP contribution in [0.25, 0.3) is 0 Å². The minimum absolute atomic E-state index is 0.282. The lowest BCUT2D eigenvalue weighted by Gasteiger charge is -2.33. The maximum Gasteiger partial charge on any atom is 0.325 e. The van der Waals surface area contributed by atoms with Crippen LogP contribution in [0, 0.1) is 11.3 Å². The first-order valence-electron chi connectivity index (χ1n) is 9.16. The molecule has 0 saturated carbocycles. The number of nitrogens with one attached hydrogen (secondary N) is 2. The molecule has 2 aromatic carbocycles. The van der Waals surface area contributed by atoms with Gasteiger partial charge in [-0.2, -0.15) is 5.26 Å². The minimum atomic E-state index is -1.20. The number of para-hydroxylation sites is 1. The second-order valence-corrected chi connectivity index (χ2v) is 6.90. The smallest absolute Gasteiger partial charge is 0.325 e. The normalized spacial score (nSPS) is 19.9. The molecule has 0 aromatic heterocycles. The Balaban J connectivity index is 1.49. The first kappa shape index (κ1) is 18.5. The topological polar surface area (TPSA) is 112 Å². The average molecular weight is 390 g/mol. The van der Waals surface area contributed by atoms with E-state index in [0.29, 0.717) is 23.4 Å². The number of hydrogen-bond donors (Lipinski definition) is 2. The first-order chi connectivity index (χ1) is 14.0. The van der Waals surface area contributed by atoms with E-state index >= 15 is 0 Å². The van der Waals surface area contributed by atoms with Crippen molar-refractivity contribution in [1.82, 2.24) is 10.2 Å². The number of ether oxygens (including phenoxy) is 1. The van der Waals surface area contributed by atoms with Crippen molar-refractivity contribution in [3.63, 3.8) is 0 Å². The second kappa shape index (κ2) is 7.28. The summed E-state index contributed by atoms with van der Waals surface area (Å²) in [7, 11) is 0. The van der Waals surface area contributed by atoms with E-state index in [4.69, 9.17) is 10.00 Å². The molecule has 0 aliphatic carbocycles. The van der Waals surface area contributed by atoms with E-state index in [-0.39, 0.29) is 13.0 Å². The van der Waals surface area contributed by atoms with Gasteiger partial charge in [0.05, 0.1) is 19.1 Å². The zero-order valence-electron chi connectivity index (χ0n) is 15.5. The van der Waals surface area contributed by atoms with Gasteiger partial charge >= 0.3 is 6.03 Å². The van der Waals surface area contributed by atoms with Crippen LogP contribution in [0.15, 0.2) is 48.5 Å². The van der Waals surface area contributed by atoms with Crippen molar-refractivity contribution in [3.05, 3.63) is 59.7 Å². The second-order valence-electron chi connectivity index (χ2n) is 6.90. The quantitative estimate of drug-likeness (QED) is 0.775. The molecule has 4 rings (SSSR count).